The van der Waals surface area contributed by atoms with Crippen LogP contribution in [0.4, 0.5) is 5.82 Å². The van der Waals surface area contributed by atoms with Crippen molar-refractivity contribution in [3.05, 3.63) is 30.0 Å². The average Bonchev–Trinajstić information content (AvgIpc) is 2.87. The van der Waals surface area contributed by atoms with Gasteiger partial charge in [-0.2, -0.15) is 5.10 Å². The number of nitrogens with zero attached hydrogens (tertiary/aromatic N) is 4. The molecule has 0 aliphatic carbocycles. The number of thiocarbonyl (C=S) groups is 1. The molecule has 0 unspecified atom stereocenters. The Hall–Kier alpha value is -1.89. The zero-order valence-electron chi connectivity index (χ0n) is 10.4. The van der Waals surface area contributed by atoms with Crippen LogP contribution in [0.3, 0.4) is 0 Å². The Morgan fingerprint density at radius 2 is 2.33 bits per heavy atom. The van der Waals surface area contributed by atoms with E-state index in [2.05, 4.69) is 15.4 Å². The summed E-state index contributed by atoms with van der Waals surface area (Å²) < 4.78 is 3.76. The normalized spacial score (nSPS) is 10.6. The first-order chi connectivity index (χ1) is 8.59. The van der Waals surface area contributed by atoms with Gasteiger partial charge in [0.1, 0.15) is 10.8 Å². The summed E-state index contributed by atoms with van der Waals surface area (Å²) in [5.41, 5.74) is 7.38. The van der Waals surface area contributed by atoms with Crippen molar-refractivity contribution in [3.63, 3.8) is 0 Å². The number of aromatic nitrogens is 4. The summed E-state index contributed by atoms with van der Waals surface area (Å²) in [4.78, 5) is 4.36. The number of hydrogen-bond donors (Lipinski definition) is 2. The standard InChI is InChI=1S/C11H16N6S/c1-8-9(10(12)18)11(16(2)15-8)14-4-6-17-5-3-13-7-17/h3,5,7,14H,4,6H2,1-2H3,(H2,12,18). The first-order valence-corrected chi connectivity index (χ1v) is 6.03. The van der Waals surface area contributed by atoms with E-state index in [1.54, 1.807) is 17.2 Å². The largest absolute Gasteiger partial charge is 0.389 e. The highest BCUT2D eigenvalue weighted by Crippen LogP contribution is 2.18. The van der Waals surface area contributed by atoms with Crippen LogP contribution >= 0.6 is 12.2 Å². The highest BCUT2D eigenvalue weighted by atomic mass is 32.1. The van der Waals surface area contributed by atoms with Crippen molar-refractivity contribution >= 4 is 23.0 Å². The maximum atomic E-state index is 5.72. The second-order valence-electron chi connectivity index (χ2n) is 4.02. The van der Waals surface area contributed by atoms with Gasteiger partial charge in [0.05, 0.1) is 17.6 Å². The minimum Gasteiger partial charge on any atom is -0.389 e. The molecule has 0 radical (unpaired) electrons. The van der Waals surface area contributed by atoms with Gasteiger partial charge in [0, 0.05) is 32.5 Å². The van der Waals surface area contributed by atoms with Gasteiger partial charge in [-0.05, 0) is 6.92 Å². The Morgan fingerprint density at radius 3 is 2.94 bits per heavy atom. The third kappa shape index (κ3) is 2.51. The number of rotatable bonds is 5. The molecule has 3 N–H and O–H groups in total. The molecule has 6 nitrogen and oxygen atoms in total. The molecule has 96 valence electrons. The minimum atomic E-state index is 0.366. The lowest BCUT2D eigenvalue weighted by atomic mass is 10.2. The van der Waals surface area contributed by atoms with Crippen LogP contribution in [0.25, 0.3) is 0 Å². The van der Waals surface area contributed by atoms with Gasteiger partial charge < -0.3 is 15.6 Å². The van der Waals surface area contributed by atoms with Gasteiger partial charge in [-0.25, -0.2) is 4.98 Å². The minimum absolute atomic E-state index is 0.366. The topological polar surface area (TPSA) is 73.7 Å². The third-order valence-corrected chi connectivity index (χ3v) is 2.89. The predicted octanol–water partition coefficient (Wildman–Crippen LogP) is 0.671. The van der Waals surface area contributed by atoms with Gasteiger partial charge in [0.2, 0.25) is 0 Å². The van der Waals surface area contributed by atoms with Gasteiger partial charge in [-0.1, -0.05) is 12.2 Å². The van der Waals surface area contributed by atoms with Crippen LogP contribution in [0.15, 0.2) is 18.7 Å². The molecule has 0 bridgehead atoms. The molecule has 2 aromatic heterocycles. The molecular weight excluding hydrogens is 248 g/mol. The maximum absolute atomic E-state index is 5.72. The fourth-order valence-corrected chi connectivity index (χ4v) is 2.12. The first-order valence-electron chi connectivity index (χ1n) is 5.62. The summed E-state index contributed by atoms with van der Waals surface area (Å²) in [6.07, 6.45) is 5.46. The second-order valence-corrected chi connectivity index (χ2v) is 4.46. The SMILES string of the molecule is Cc1nn(C)c(NCCn2ccnc2)c1C(N)=S. The van der Waals surface area contributed by atoms with Gasteiger partial charge in [-0.3, -0.25) is 4.68 Å². The molecule has 7 heteroatoms. The number of anilines is 1. The van der Waals surface area contributed by atoms with Crippen LogP contribution in [0.2, 0.25) is 0 Å². The number of hydrogen-bond acceptors (Lipinski definition) is 4. The zero-order valence-corrected chi connectivity index (χ0v) is 11.2. The van der Waals surface area contributed by atoms with Crippen LogP contribution < -0.4 is 11.1 Å². The Bertz CT molecular complexity index is 542. The molecule has 0 aromatic carbocycles. The summed E-state index contributed by atoms with van der Waals surface area (Å²) in [5, 5.41) is 7.62. The van der Waals surface area contributed by atoms with E-state index in [0.29, 0.717) is 4.99 Å². The monoisotopic (exact) mass is 264 g/mol. The van der Waals surface area contributed by atoms with Gasteiger partial charge in [0.15, 0.2) is 0 Å². The van der Waals surface area contributed by atoms with E-state index in [1.807, 2.05) is 24.7 Å². The predicted molar refractivity (Wildman–Crippen MR) is 74.5 cm³/mol. The molecule has 0 aliphatic heterocycles. The molecule has 0 saturated carbocycles. The van der Waals surface area contributed by atoms with Crippen molar-refractivity contribution in [2.45, 2.75) is 13.5 Å². The summed E-state index contributed by atoms with van der Waals surface area (Å²) >= 11 is 5.05. The van der Waals surface area contributed by atoms with Crippen molar-refractivity contribution in [3.8, 4) is 0 Å². The van der Waals surface area contributed by atoms with Crippen LogP contribution in [-0.2, 0) is 13.6 Å². The van der Waals surface area contributed by atoms with E-state index in [0.717, 1.165) is 30.2 Å². The van der Waals surface area contributed by atoms with Crippen LogP contribution in [0, 0.1) is 6.92 Å². The number of nitrogens with one attached hydrogen (secondary N) is 1. The Morgan fingerprint density at radius 1 is 1.56 bits per heavy atom. The number of imidazole rings is 1. The Kier molecular flexibility index (Phi) is 3.61. The molecule has 2 rings (SSSR count). The third-order valence-electron chi connectivity index (χ3n) is 2.69. The van der Waals surface area contributed by atoms with Crippen LogP contribution in [-0.4, -0.2) is 30.9 Å². The highest BCUT2D eigenvalue weighted by molar-refractivity contribution is 7.80. The quantitative estimate of drug-likeness (QED) is 0.777. The van der Waals surface area contributed by atoms with E-state index in [1.165, 1.54) is 0 Å². The zero-order chi connectivity index (χ0) is 13.1. The molecular formula is C11H16N6S. The van der Waals surface area contributed by atoms with Crippen molar-refractivity contribution in [1.82, 2.24) is 19.3 Å². The molecule has 0 fully saturated rings. The molecule has 0 spiro atoms. The molecule has 0 amide bonds. The van der Waals surface area contributed by atoms with Gasteiger partial charge in [-0.15, -0.1) is 0 Å². The summed E-state index contributed by atoms with van der Waals surface area (Å²) in [6.45, 7) is 3.47. The van der Waals surface area contributed by atoms with Crippen molar-refractivity contribution in [2.24, 2.45) is 12.8 Å². The lowest BCUT2D eigenvalue weighted by Crippen LogP contribution is -2.17. The molecule has 0 aliphatic rings. The van der Waals surface area contributed by atoms with Crippen LogP contribution in [0.5, 0.6) is 0 Å². The second kappa shape index (κ2) is 5.18. The van der Waals surface area contributed by atoms with Gasteiger partial charge >= 0.3 is 0 Å². The molecule has 2 heterocycles. The smallest absolute Gasteiger partial charge is 0.134 e. The Balaban J connectivity index is 2.07. The fourth-order valence-electron chi connectivity index (χ4n) is 1.88. The average molecular weight is 264 g/mol. The van der Waals surface area contributed by atoms with E-state index < -0.39 is 0 Å². The first kappa shape index (κ1) is 12.6. The fraction of sp³-hybridized carbons (Fsp3) is 0.364. The lowest BCUT2D eigenvalue weighted by Gasteiger charge is -2.09. The lowest BCUT2D eigenvalue weighted by molar-refractivity contribution is 0.709. The molecule has 0 atom stereocenters. The van der Waals surface area contributed by atoms with Crippen molar-refractivity contribution in [1.29, 1.82) is 0 Å². The van der Waals surface area contributed by atoms with Crippen LogP contribution in [0.1, 0.15) is 11.3 Å². The highest BCUT2D eigenvalue weighted by Gasteiger charge is 2.14. The van der Waals surface area contributed by atoms with E-state index >= 15 is 0 Å². The van der Waals surface area contributed by atoms with E-state index in [-0.39, 0.29) is 0 Å². The number of nitrogens with two attached hydrogens (primary N) is 1. The maximum Gasteiger partial charge on any atom is 0.134 e. The van der Waals surface area contributed by atoms with Crippen molar-refractivity contribution in [2.75, 3.05) is 11.9 Å². The molecule has 2 aromatic rings. The van der Waals surface area contributed by atoms with E-state index in [9.17, 15) is 0 Å². The summed E-state index contributed by atoms with van der Waals surface area (Å²) in [5.74, 6) is 0.861. The van der Waals surface area contributed by atoms with Crippen molar-refractivity contribution < 1.29 is 0 Å². The molecule has 0 saturated heterocycles. The number of aryl methyl sites for hydroxylation is 2. The summed E-state index contributed by atoms with van der Waals surface area (Å²) in [6, 6.07) is 0. The molecule has 18 heavy (non-hydrogen) atoms. The van der Waals surface area contributed by atoms with E-state index in [4.69, 9.17) is 18.0 Å². The Labute approximate surface area is 111 Å². The van der Waals surface area contributed by atoms with Gasteiger partial charge in [0.25, 0.3) is 0 Å². The summed E-state index contributed by atoms with van der Waals surface area (Å²) in [7, 11) is 1.87.